The predicted molar refractivity (Wildman–Crippen MR) is 68.6 cm³/mol. The molecule has 0 radical (unpaired) electrons. The van der Waals surface area contributed by atoms with E-state index in [1.165, 1.54) is 0 Å². The van der Waals surface area contributed by atoms with Crippen LogP contribution in [0.5, 0.6) is 0 Å². The van der Waals surface area contributed by atoms with Gasteiger partial charge in [-0.05, 0) is 36.8 Å². The largest absolute Gasteiger partial charge is 0.436 e. The predicted octanol–water partition coefficient (Wildman–Crippen LogP) is 3.39. The zero-order valence-corrected chi connectivity index (χ0v) is 9.47. The molecule has 3 aromatic rings. The number of benzene rings is 2. The Morgan fingerprint density at radius 2 is 1.88 bits per heavy atom. The fourth-order valence-electron chi connectivity index (χ4n) is 1.80. The number of fused-ring (bicyclic) bond motifs is 1. The second kappa shape index (κ2) is 3.63. The van der Waals surface area contributed by atoms with Gasteiger partial charge in [-0.15, -0.1) is 0 Å². The fraction of sp³-hybridized carbons (Fsp3) is 0.0714. The minimum Gasteiger partial charge on any atom is -0.436 e. The zero-order chi connectivity index (χ0) is 11.8. The van der Waals surface area contributed by atoms with Gasteiger partial charge in [0.1, 0.15) is 5.52 Å². The Kier molecular flexibility index (Phi) is 2.11. The van der Waals surface area contributed by atoms with Gasteiger partial charge < -0.3 is 10.2 Å². The molecule has 2 aromatic carbocycles. The minimum absolute atomic E-state index is 0.630. The molecule has 2 N–H and O–H groups in total. The maximum Gasteiger partial charge on any atom is 0.227 e. The van der Waals surface area contributed by atoms with Crippen LogP contribution >= 0.6 is 0 Å². The van der Waals surface area contributed by atoms with Gasteiger partial charge in [-0.25, -0.2) is 4.98 Å². The lowest BCUT2D eigenvalue weighted by atomic mass is 10.2. The Hall–Kier alpha value is -2.29. The third-order valence-electron chi connectivity index (χ3n) is 2.80. The van der Waals surface area contributed by atoms with E-state index in [1.807, 2.05) is 49.4 Å². The van der Waals surface area contributed by atoms with Gasteiger partial charge in [0.25, 0.3) is 0 Å². The summed E-state index contributed by atoms with van der Waals surface area (Å²) in [7, 11) is 0. The molecule has 0 fully saturated rings. The van der Waals surface area contributed by atoms with Crippen molar-refractivity contribution in [2.45, 2.75) is 6.92 Å². The lowest BCUT2D eigenvalue weighted by molar-refractivity contribution is 0.619. The van der Waals surface area contributed by atoms with Gasteiger partial charge in [0.2, 0.25) is 5.89 Å². The average Bonchev–Trinajstić information content (AvgIpc) is 2.74. The number of aryl methyl sites for hydroxylation is 1. The molecule has 3 rings (SSSR count). The van der Waals surface area contributed by atoms with Crippen LogP contribution in [0, 0.1) is 6.92 Å². The number of oxazole rings is 1. The molecule has 0 bridgehead atoms. The molecular weight excluding hydrogens is 212 g/mol. The first-order valence-corrected chi connectivity index (χ1v) is 5.46. The maximum absolute atomic E-state index is 5.85. The standard InChI is InChI=1S/C14H12N2O/c1-9-7-13-12(8-11(9)15)16-14(17-13)10-5-3-2-4-6-10/h2-8H,15H2,1H3. The molecule has 0 unspecified atom stereocenters. The smallest absolute Gasteiger partial charge is 0.227 e. The number of hydrogen-bond donors (Lipinski definition) is 1. The maximum atomic E-state index is 5.85. The van der Waals surface area contributed by atoms with Crippen molar-refractivity contribution >= 4 is 16.8 Å². The fourth-order valence-corrected chi connectivity index (χ4v) is 1.80. The van der Waals surface area contributed by atoms with Crippen molar-refractivity contribution in [1.29, 1.82) is 0 Å². The summed E-state index contributed by atoms with van der Waals surface area (Å²) in [6.45, 7) is 1.96. The van der Waals surface area contributed by atoms with Crippen LogP contribution in [0.4, 0.5) is 5.69 Å². The molecule has 0 aliphatic carbocycles. The molecule has 0 saturated heterocycles. The van der Waals surface area contributed by atoms with Crippen LogP contribution in [0.3, 0.4) is 0 Å². The van der Waals surface area contributed by atoms with Crippen molar-refractivity contribution in [3.63, 3.8) is 0 Å². The van der Waals surface area contributed by atoms with Crippen LogP contribution in [0.25, 0.3) is 22.6 Å². The second-order valence-corrected chi connectivity index (χ2v) is 4.06. The Balaban J connectivity index is 2.21. The van der Waals surface area contributed by atoms with Gasteiger partial charge >= 0.3 is 0 Å². The van der Waals surface area contributed by atoms with Gasteiger partial charge in [0, 0.05) is 11.3 Å². The third-order valence-corrected chi connectivity index (χ3v) is 2.80. The van der Waals surface area contributed by atoms with Gasteiger partial charge in [0.15, 0.2) is 5.58 Å². The highest BCUT2D eigenvalue weighted by atomic mass is 16.3. The summed E-state index contributed by atoms with van der Waals surface area (Å²) in [5.74, 6) is 0.630. The van der Waals surface area contributed by atoms with Crippen molar-refractivity contribution < 1.29 is 4.42 Å². The molecule has 84 valence electrons. The minimum atomic E-state index is 0.630. The summed E-state index contributed by atoms with van der Waals surface area (Å²) in [6.07, 6.45) is 0. The summed E-state index contributed by atoms with van der Waals surface area (Å²) < 4.78 is 5.72. The highest BCUT2D eigenvalue weighted by Gasteiger charge is 2.08. The number of hydrogen-bond acceptors (Lipinski definition) is 3. The van der Waals surface area contributed by atoms with Crippen LogP contribution in [0.15, 0.2) is 46.9 Å². The van der Waals surface area contributed by atoms with Crippen LogP contribution in [-0.4, -0.2) is 4.98 Å². The van der Waals surface area contributed by atoms with Crippen molar-refractivity contribution in [1.82, 2.24) is 4.98 Å². The normalized spacial score (nSPS) is 10.9. The molecule has 0 atom stereocenters. The molecule has 17 heavy (non-hydrogen) atoms. The van der Waals surface area contributed by atoms with E-state index in [2.05, 4.69) is 4.98 Å². The summed E-state index contributed by atoms with van der Waals surface area (Å²) in [5, 5.41) is 0. The lowest BCUT2D eigenvalue weighted by Gasteiger charge is -1.96. The topological polar surface area (TPSA) is 52.0 Å². The summed E-state index contributed by atoms with van der Waals surface area (Å²) in [5.41, 5.74) is 10.1. The molecule has 0 spiro atoms. The first kappa shape index (κ1) is 9.90. The summed E-state index contributed by atoms with van der Waals surface area (Å²) in [6, 6.07) is 13.6. The molecule has 0 amide bonds. The van der Waals surface area contributed by atoms with E-state index < -0.39 is 0 Å². The molecule has 1 aromatic heterocycles. The van der Waals surface area contributed by atoms with E-state index in [0.717, 1.165) is 27.9 Å². The van der Waals surface area contributed by atoms with Crippen molar-refractivity contribution in [3.05, 3.63) is 48.0 Å². The van der Waals surface area contributed by atoms with Crippen molar-refractivity contribution in [2.75, 3.05) is 5.73 Å². The van der Waals surface area contributed by atoms with Gasteiger partial charge in [-0.3, -0.25) is 0 Å². The monoisotopic (exact) mass is 224 g/mol. The third kappa shape index (κ3) is 1.65. The van der Waals surface area contributed by atoms with Crippen molar-refractivity contribution in [3.8, 4) is 11.5 Å². The summed E-state index contributed by atoms with van der Waals surface area (Å²) in [4.78, 5) is 4.44. The first-order valence-electron chi connectivity index (χ1n) is 5.46. The lowest BCUT2D eigenvalue weighted by Crippen LogP contribution is -1.88. The SMILES string of the molecule is Cc1cc2oc(-c3ccccc3)nc2cc1N. The van der Waals surface area contributed by atoms with Crippen LogP contribution in [0.2, 0.25) is 0 Å². The zero-order valence-electron chi connectivity index (χ0n) is 9.47. The molecule has 0 aliphatic heterocycles. The van der Waals surface area contributed by atoms with Gasteiger partial charge in [0.05, 0.1) is 0 Å². The van der Waals surface area contributed by atoms with E-state index in [4.69, 9.17) is 10.2 Å². The van der Waals surface area contributed by atoms with Crippen LogP contribution < -0.4 is 5.73 Å². The molecule has 3 nitrogen and oxygen atoms in total. The number of nitrogens with zero attached hydrogens (tertiary/aromatic N) is 1. The molecular formula is C14H12N2O. The summed E-state index contributed by atoms with van der Waals surface area (Å²) >= 11 is 0. The van der Waals surface area contributed by atoms with E-state index >= 15 is 0 Å². The highest BCUT2D eigenvalue weighted by Crippen LogP contribution is 2.26. The highest BCUT2D eigenvalue weighted by molar-refractivity contribution is 5.81. The Morgan fingerprint density at radius 3 is 2.65 bits per heavy atom. The van der Waals surface area contributed by atoms with E-state index in [0.29, 0.717) is 5.89 Å². The number of anilines is 1. The Bertz CT molecular complexity index is 632. The van der Waals surface area contributed by atoms with Gasteiger partial charge in [-0.2, -0.15) is 0 Å². The van der Waals surface area contributed by atoms with Crippen LogP contribution in [-0.2, 0) is 0 Å². The van der Waals surface area contributed by atoms with E-state index in [1.54, 1.807) is 0 Å². The van der Waals surface area contributed by atoms with E-state index in [-0.39, 0.29) is 0 Å². The number of aromatic nitrogens is 1. The number of nitrogens with two attached hydrogens (primary N) is 1. The first-order chi connectivity index (χ1) is 8.24. The molecule has 0 saturated carbocycles. The van der Waals surface area contributed by atoms with Crippen molar-refractivity contribution in [2.24, 2.45) is 0 Å². The Labute approximate surface area is 98.9 Å². The van der Waals surface area contributed by atoms with Crippen LogP contribution in [0.1, 0.15) is 5.56 Å². The Morgan fingerprint density at radius 1 is 1.12 bits per heavy atom. The molecule has 3 heteroatoms. The quantitative estimate of drug-likeness (QED) is 0.644. The number of rotatable bonds is 1. The second-order valence-electron chi connectivity index (χ2n) is 4.06. The molecule has 0 aliphatic rings. The van der Waals surface area contributed by atoms with Gasteiger partial charge in [-0.1, -0.05) is 18.2 Å². The average molecular weight is 224 g/mol. The molecule has 1 heterocycles. The van der Waals surface area contributed by atoms with E-state index in [9.17, 15) is 0 Å². The number of nitrogen functional groups attached to an aromatic ring is 1.